The Bertz CT molecular complexity index is 1830. The van der Waals surface area contributed by atoms with Crippen molar-refractivity contribution in [3.63, 3.8) is 0 Å². The highest BCUT2D eigenvalue weighted by Crippen LogP contribution is 2.51. The van der Waals surface area contributed by atoms with Crippen LogP contribution in [0, 0.1) is 22.7 Å². The maximum absolute atomic E-state index is 14.1. The second-order valence-corrected chi connectivity index (χ2v) is 11.9. The largest absolute Gasteiger partial charge is 0.396 e. The molecule has 0 aromatic heterocycles. The predicted molar refractivity (Wildman–Crippen MR) is 174 cm³/mol. The van der Waals surface area contributed by atoms with Crippen LogP contribution >= 0.6 is 0 Å². The second-order valence-electron chi connectivity index (χ2n) is 11.9. The van der Waals surface area contributed by atoms with E-state index in [1.54, 1.807) is 30.3 Å². The molecule has 1 N–H and O–H groups in total. The van der Waals surface area contributed by atoms with Gasteiger partial charge < -0.3 is 14.7 Å². The number of hydrogen-bond donors (Lipinski definition) is 1. The molecule has 3 aromatic carbocycles. The zero-order valence-corrected chi connectivity index (χ0v) is 26.0. The number of amides is 2. The van der Waals surface area contributed by atoms with Crippen molar-refractivity contribution in [1.29, 1.82) is 10.5 Å². The molecule has 45 heavy (non-hydrogen) atoms. The Balaban J connectivity index is 1.70. The zero-order chi connectivity index (χ0) is 32.3. The van der Waals surface area contributed by atoms with Gasteiger partial charge in [-0.05, 0) is 72.5 Å². The van der Waals surface area contributed by atoms with E-state index in [0.29, 0.717) is 24.1 Å². The number of ether oxygens (including phenoxy) is 1. The van der Waals surface area contributed by atoms with Gasteiger partial charge in [0.2, 0.25) is 0 Å². The second kappa shape index (κ2) is 12.9. The molecular formula is C37H36N4O4. The third kappa shape index (κ3) is 5.79. The maximum atomic E-state index is 14.1. The van der Waals surface area contributed by atoms with E-state index in [9.17, 15) is 25.2 Å². The van der Waals surface area contributed by atoms with Crippen molar-refractivity contribution in [3.05, 3.63) is 106 Å². The third-order valence-corrected chi connectivity index (χ3v) is 8.34. The van der Waals surface area contributed by atoms with Crippen LogP contribution < -0.4 is 4.90 Å². The molecule has 8 heteroatoms. The molecule has 0 aliphatic carbocycles. The van der Waals surface area contributed by atoms with Crippen molar-refractivity contribution in [2.24, 2.45) is 0 Å². The standard InChI is InChI=1S/C37H36N4O4/c1-24(2)45-21-19-41-35(43)29(33(30(23-39)36(41)44)27-12-10-25(22-38)11-13-27)15-17-32-37(3,4)34-28-9-6-5-8-26(28)14-16-31(34)40(32)18-7-20-42/h5-6,8-17,24,42H,7,18-21H2,1-4H3/b29-15-,32-17+. The first kappa shape index (κ1) is 31.4. The molecule has 2 heterocycles. The minimum absolute atomic E-state index is 0.00113. The Morgan fingerprint density at radius 2 is 1.64 bits per heavy atom. The number of aliphatic hydroxyl groups is 1. The molecule has 0 saturated heterocycles. The average molecular weight is 601 g/mol. The van der Waals surface area contributed by atoms with Crippen molar-refractivity contribution in [1.82, 2.24) is 4.90 Å². The highest BCUT2D eigenvalue weighted by Gasteiger charge is 2.42. The molecule has 2 aliphatic rings. The predicted octanol–water partition coefficient (Wildman–Crippen LogP) is 5.77. The zero-order valence-electron chi connectivity index (χ0n) is 26.0. The lowest BCUT2D eigenvalue weighted by Gasteiger charge is -2.30. The maximum Gasteiger partial charge on any atom is 0.272 e. The van der Waals surface area contributed by atoms with Gasteiger partial charge in [0, 0.05) is 41.1 Å². The van der Waals surface area contributed by atoms with Crippen molar-refractivity contribution in [2.45, 2.75) is 45.6 Å². The van der Waals surface area contributed by atoms with Crippen molar-refractivity contribution < 1.29 is 19.4 Å². The Morgan fingerprint density at radius 1 is 0.911 bits per heavy atom. The molecule has 228 valence electrons. The van der Waals surface area contributed by atoms with Crippen molar-refractivity contribution in [3.8, 4) is 12.1 Å². The van der Waals surface area contributed by atoms with E-state index in [4.69, 9.17) is 4.74 Å². The summed E-state index contributed by atoms with van der Waals surface area (Å²) in [6, 6.07) is 23.1. The number of rotatable bonds is 9. The normalized spacial score (nSPS) is 17.9. The molecule has 8 nitrogen and oxygen atoms in total. The number of imide groups is 1. The van der Waals surface area contributed by atoms with Gasteiger partial charge in [-0.25, -0.2) is 0 Å². The number of nitriles is 2. The SMILES string of the molecule is CC(C)OCCN1C(=O)C(C#N)=C(c2ccc(C#N)cc2)/C(=C/C=C2/N(CCCO)c3ccc4ccccc4c3C2(C)C)C1=O. The first-order valence-electron chi connectivity index (χ1n) is 15.1. The molecule has 2 aliphatic heterocycles. The minimum atomic E-state index is -0.677. The molecule has 0 saturated carbocycles. The number of allylic oxidation sites excluding steroid dienone is 3. The number of carbonyl (C=O) groups is 2. The number of fused-ring (bicyclic) bond motifs is 3. The highest BCUT2D eigenvalue weighted by atomic mass is 16.5. The number of hydrogen-bond acceptors (Lipinski definition) is 7. The fraction of sp³-hybridized carbons (Fsp3) is 0.297. The first-order chi connectivity index (χ1) is 21.6. The van der Waals surface area contributed by atoms with Gasteiger partial charge in [0.15, 0.2) is 0 Å². The summed E-state index contributed by atoms with van der Waals surface area (Å²) in [5.74, 6) is -1.20. The van der Waals surface area contributed by atoms with E-state index in [1.807, 2.05) is 32.1 Å². The van der Waals surface area contributed by atoms with Crippen LogP contribution in [-0.4, -0.2) is 54.2 Å². The molecule has 0 atom stereocenters. The number of aliphatic hydroxyl groups excluding tert-OH is 1. The third-order valence-electron chi connectivity index (χ3n) is 8.34. The van der Waals surface area contributed by atoms with Crippen LogP contribution in [0.5, 0.6) is 0 Å². The van der Waals surface area contributed by atoms with Crippen molar-refractivity contribution in [2.75, 3.05) is 31.2 Å². The van der Waals surface area contributed by atoms with Gasteiger partial charge in [0.05, 0.1) is 30.9 Å². The Hall–Kier alpha value is -5.02. The Morgan fingerprint density at radius 3 is 2.31 bits per heavy atom. The van der Waals surface area contributed by atoms with Gasteiger partial charge in [-0.3, -0.25) is 14.5 Å². The van der Waals surface area contributed by atoms with Gasteiger partial charge in [0.1, 0.15) is 11.6 Å². The summed E-state index contributed by atoms with van der Waals surface area (Å²) in [6.45, 7) is 8.75. The van der Waals surface area contributed by atoms with Gasteiger partial charge in [0.25, 0.3) is 11.8 Å². The summed E-state index contributed by atoms with van der Waals surface area (Å²) < 4.78 is 5.64. The monoisotopic (exact) mass is 600 g/mol. The van der Waals surface area contributed by atoms with Crippen molar-refractivity contribution >= 4 is 33.8 Å². The topological polar surface area (TPSA) is 118 Å². The minimum Gasteiger partial charge on any atom is -0.396 e. The molecule has 0 fully saturated rings. The number of benzene rings is 3. The number of carbonyl (C=O) groups excluding carboxylic acids is 2. The summed E-state index contributed by atoms with van der Waals surface area (Å²) in [6.07, 6.45) is 4.05. The molecular weight excluding hydrogens is 564 g/mol. The van der Waals surface area contributed by atoms with Gasteiger partial charge >= 0.3 is 0 Å². The quantitative estimate of drug-likeness (QED) is 0.245. The van der Waals surface area contributed by atoms with E-state index in [2.05, 4.69) is 55.2 Å². The summed E-state index contributed by atoms with van der Waals surface area (Å²) in [5.41, 5.74) is 3.84. The summed E-state index contributed by atoms with van der Waals surface area (Å²) in [5, 5.41) is 31.5. The summed E-state index contributed by atoms with van der Waals surface area (Å²) >= 11 is 0. The fourth-order valence-corrected chi connectivity index (χ4v) is 6.24. The summed E-state index contributed by atoms with van der Waals surface area (Å²) in [7, 11) is 0. The van der Waals surface area contributed by atoms with Crippen LogP contribution in [0.1, 0.15) is 50.8 Å². The van der Waals surface area contributed by atoms with Crippen LogP contribution in [0.3, 0.4) is 0 Å². The lowest BCUT2D eigenvalue weighted by Crippen LogP contribution is -2.44. The van der Waals surface area contributed by atoms with Crippen LogP contribution in [0.2, 0.25) is 0 Å². The molecule has 3 aromatic rings. The number of anilines is 1. The molecule has 0 unspecified atom stereocenters. The fourth-order valence-electron chi connectivity index (χ4n) is 6.24. The van der Waals surface area contributed by atoms with E-state index >= 15 is 0 Å². The van der Waals surface area contributed by atoms with E-state index in [-0.39, 0.29) is 42.6 Å². The summed E-state index contributed by atoms with van der Waals surface area (Å²) in [4.78, 5) is 30.9. The van der Waals surface area contributed by atoms with Crippen LogP contribution in [0.4, 0.5) is 5.69 Å². The van der Waals surface area contributed by atoms with Gasteiger partial charge in [-0.15, -0.1) is 0 Å². The lowest BCUT2D eigenvalue weighted by atomic mass is 9.80. The van der Waals surface area contributed by atoms with E-state index in [0.717, 1.165) is 32.6 Å². The van der Waals surface area contributed by atoms with Crippen LogP contribution in [0.15, 0.2) is 89.7 Å². The van der Waals surface area contributed by atoms with E-state index in [1.165, 1.54) is 0 Å². The molecule has 2 amide bonds. The lowest BCUT2D eigenvalue weighted by molar-refractivity contribution is -0.141. The molecule has 5 rings (SSSR count). The van der Waals surface area contributed by atoms with Crippen LogP contribution in [0.25, 0.3) is 16.3 Å². The first-order valence-corrected chi connectivity index (χ1v) is 15.1. The Labute approximate surface area is 263 Å². The van der Waals surface area contributed by atoms with Crippen LogP contribution in [-0.2, 0) is 19.7 Å². The number of nitrogens with zero attached hydrogens (tertiary/aromatic N) is 4. The molecule has 0 radical (unpaired) electrons. The Kier molecular flexibility index (Phi) is 9.01. The van der Waals surface area contributed by atoms with Gasteiger partial charge in [-0.2, -0.15) is 10.5 Å². The highest BCUT2D eigenvalue weighted by molar-refractivity contribution is 6.27. The smallest absolute Gasteiger partial charge is 0.272 e. The molecule has 0 spiro atoms. The van der Waals surface area contributed by atoms with E-state index < -0.39 is 17.2 Å². The average Bonchev–Trinajstić information content (AvgIpc) is 3.26. The van der Waals surface area contributed by atoms with Gasteiger partial charge in [-0.1, -0.05) is 56.3 Å². The molecule has 0 bridgehead atoms.